The molecule has 0 radical (unpaired) electrons. The van der Waals surface area contributed by atoms with E-state index in [0.29, 0.717) is 41.3 Å². The number of benzene rings is 3. The van der Waals surface area contributed by atoms with Gasteiger partial charge in [0.1, 0.15) is 0 Å². The summed E-state index contributed by atoms with van der Waals surface area (Å²) in [6, 6.07) is 22.0. The third-order valence-corrected chi connectivity index (χ3v) is 6.09. The lowest BCUT2D eigenvalue weighted by molar-refractivity contribution is -0.139. The van der Waals surface area contributed by atoms with Crippen LogP contribution < -0.4 is 14.8 Å². The predicted molar refractivity (Wildman–Crippen MR) is 142 cm³/mol. The van der Waals surface area contributed by atoms with E-state index in [1.165, 1.54) is 4.90 Å². The molecule has 0 fully saturated rings. The van der Waals surface area contributed by atoms with Crippen LogP contribution in [0.1, 0.15) is 48.3 Å². The first-order valence-corrected chi connectivity index (χ1v) is 12.5. The molecule has 1 N–H and O–H groups in total. The molecule has 1 atom stereocenters. The second kappa shape index (κ2) is 12.1. The zero-order chi connectivity index (χ0) is 27.1. The number of esters is 2. The van der Waals surface area contributed by atoms with Crippen LogP contribution in [0.5, 0.6) is 11.5 Å². The van der Waals surface area contributed by atoms with Gasteiger partial charge < -0.3 is 19.5 Å². The van der Waals surface area contributed by atoms with Crippen molar-refractivity contribution in [3.05, 3.63) is 107 Å². The Hall–Kier alpha value is -4.59. The van der Waals surface area contributed by atoms with Gasteiger partial charge in [-0.2, -0.15) is 0 Å². The molecule has 196 valence electrons. The standard InChI is InChI=1S/C30H30N2O6/c1-4-36-25-18-23(16-17-24(25)38-28(33)22-14-10-7-11-15-22)27-26(29(34)37-5-2)20(3)32(30(35)31-27)19-21-12-8-6-9-13-21/h6-18,27H,4-5,19H2,1-3H3,(H,31,35). The van der Waals surface area contributed by atoms with Gasteiger partial charge in [0, 0.05) is 5.70 Å². The van der Waals surface area contributed by atoms with Crippen molar-refractivity contribution >= 4 is 18.0 Å². The molecule has 0 aliphatic carbocycles. The van der Waals surface area contributed by atoms with E-state index in [0.717, 1.165) is 5.56 Å². The Morgan fingerprint density at radius 1 is 0.868 bits per heavy atom. The third-order valence-electron chi connectivity index (χ3n) is 6.09. The van der Waals surface area contributed by atoms with E-state index >= 15 is 0 Å². The first-order chi connectivity index (χ1) is 18.4. The maximum Gasteiger partial charge on any atom is 0.343 e. The average molecular weight is 515 g/mol. The van der Waals surface area contributed by atoms with Crippen LogP contribution in [0.15, 0.2) is 90.1 Å². The molecule has 0 saturated heterocycles. The topological polar surface area (TPSA) is 94.2 Å². The average Bonchev–Trinajstić information content (AvgIpc) is 2.93. The van der Waals surface area contributed by atoms with Gasteiger partial charge >= 0.3 is 18.0 Å². The van der Waals surface area contributed by atoms with Crippen molar-refractivity contribution in [2.24, 2.45) is 0 Å². The van der Waals surface area contributed by atoms with Crippen LogP contribution in [-0.4, -0.2) is 36.1 Å². The zero-order valence-corrected chi connectivity index (χ0v) is 21.6. The maximum atomic E-state index is 13.2. The third kappa shape index (κ3) is 5.86. The molecular formula is C30H30N2O6. The van der Waals surface area contributed by atoms with Gasteiger partial charge in [0.15, 0.2) is 11.5 Å². The minimum absolute atomic E-state index is 0.188. The number of allylic oxidation sites excluding steroid dienone is 1. The SMILES string of the molecule is CCOC(=O)C1=C(C)N(Cc2ccccc2)C(=O)NC1c1ccc(OC(=O)c2ccccc2)c(OCC)c1. The van der Waals surface area contributed by atoms with Crippen LogP contribution in [0.4, 0.5) is 4.79 Å². The van der Waals surface area contributed by atoms with E-state index in [-0.39, 0.29) is 18.4 Å². The normalized spacial score (nSPS) is 15.1. The van der Waals surface area contributed by atoms with Crippen LogP contribution in [-0.2, 0) is 16.1 Å². The summed E-state index contributed by atoms with van der Waals surface area (Å²) < 4.78 is 16.7. The van der Waals surface area contributed by atoms with Gasteiger partial charge in [-0.05, 0) is 56.2 Å². The molecule has 0 spiro atoms. The summed E-state index contributed by atoms with van der Waals surface area (Å²) >= 11 is 0. The largest absolute Gasteiger partial charge is 0.490 e. The Labute approximate surface area is 221 Å². The number of carbonyl (C=O) groups is 3. The fourth-order valence-electron chi connectivity index (χ4n) is 4.25. The van der Waals surface area contributed by atoms with Crippen LogP contribution >= 0.6 is 0 Å². The summed E-state index contributed by atoms with van der Waals surface area (Å²) in [6.45, 7) is 6.09. The molecule has 4 rings (SSSR count). The molecule has 3 aromatic rings. The number of rotatable bonds is 9. The molecule has 0 aromatic heterocycles. The number of carbonyl (C=O) groups excluding carboxylic acids is 3. The minimum Gasteiger partial charge on any atom is -0.490 e. The first-order valence-electron chi connectivity index (χ1n) is 12.5. The molecule has 1 aliphatic rings. The van der Waals surface area contributed by atoms with E-state index in [1.807, 2.05) is 43.3 Å². The van der Waals surface area contributed by atoms with Crippen LogP contribution in [0, 0.1) is 0 Å². The van der Waals surface area contributed by atoms with E-state index in [9.17, 15) is 14.4 Å². The number of amides is 2. The number of ether oxygens (including phenoxy) is 3. The molecule has 8 heteroatoms. The number of urea groups is 1. The lowest BCUT2D eigenvalue weighted by atomic mass is 9.94. The first kappa shape index (κ1) is 26.5. The molecular weight excluding hydrogens is 484 g/mol. The quantitative estimate of drug-likeness (QED) is 0.303. The highest BCUT2D eigenvalue weighted by molar-refractivity contribution is 5.95. The smallest absolute Gasteiger partial charge is 0.343 e. The van der Waals surface area contributed by atoms with Crippen molar-refractivity contribution < 1.29 is 28.6 Å². The number of hydrogen-bond donors (Lipinski definition) is 1. The van der Waals surface area contributed by atoms with Gasteiger partial charge in [-0.15, -0.1) is 0 Å². The Morgan fingerprint density at radius 2 is 1.55 bits per heavy atom. The lowest BCUT2D eigenvalue weighted by Crippen LogP contribution is -2.47. The number of nitrogens with zero attached hydrogens (tertiary/aromatic N) is 1. The van der Waals surface area contributed by atoms with Gasteiger partial charge in [0.25, 0.3) is 0 Å². The molecule has 2 amide bonds. The van der Waals surface area contributed by atoms with Crippen molar-refractivity contribution in [1.29, 1.82) is 0 Å². The van der Waals surface area contributed by atoms with Crippen LogP contribution in [0.2, 0.25) is 0 Å². The fourth-order valence-corrected chi connectivity index (χ4v) is 4.25. The van der Waals surface area contributed by atoms with Crippen molar-refractivity contribution in [2.75, 3.05) is 13.2 Å². The second-order valence-electron chi connectivity index (χ2n) is 8.57. The van der Waals surface area contributed by atoms with Gasteiger partial charge in [-0.3, -0.25) is 4.90 Å². The number of nitrogens with one attached hydrogen (secondary N) is 1. The molecule has 0 saturated carbocycles. The van der Waals surface area contributed by atoms with E-state index in [2.05, 4.69) is 5.32 Å². The highest BCUT2D eigenvalue weighted by atomic mass is 16.6. The summed E-state index contributed by atoms with van der Waals surface area (Å²) in [5.74, 6) is -0.498. The van der Waals surface area contributed by atoms with E-state index in [4.69, 9.17) is 14.2 Å². The zero-order valence-electron chi connectivity index (χ0n) is 21.6. The van der Waals surface area contributed by atoms with Gasteiger partial charge in [-0.25, -0.2) is 14.4 Å². The van der Waals surface area contributed by atoms with Crippen LogP contribution in [0.25, 0.3) is 0 Å². The Morgan fingerprint density at radius 3 is 2.21 bits per heavy atom. The highest BCUT2D eigenvalue weighted by Crippen LogP contribution is 2.37. The molecule has 8 nitrogen and oxygen atoms in total. The van der Waals surface area contributed by atoms with Gasteiger partial charge in [-0.1, -0.05) is 54.6 Å². The fraction of sp³-hybridized carbons (Fsp3) is 0.233. The lowest BCUT2D eigenvalue weighted by Gasteiger charge is -2.35. The highest BCUT2D eigenvalue weighted by Gasteiger charge is 2.37. The maximum absolute atomic E-state index is 13.2. The molecule has 3 aromatic carbocycles. The van der Waals surface area contributed by atoms with Gasteiger partial charge in [0.05, 0.1) is 36.9 Å². The Balaban J connectivity index is 1.70. The molecule has 0 bridgehead atoms. The summed E-state index contributed by atoms with van der Waals surface area (Å²) in [5, 5.41) is 2.94. The van der Waals surface area contributed by atoms with E-state index in [1.54, 1.807) is 56.3 Å². The Kier molecular flexibility index (Phi) is 8.43. The van der Waals surface area contributed by atoms with Crippen LogP contribution in [0.3, 0.4) is 0 Å². The van der Waals surface area contributed by atoms with Crippen molar-refractivity contribution in [3.63, 3.8) is 0 Å². The minimum atomic E-state index is -0.786. The predicted octanol–water partition coefficient (Wildman–Crippen LogP) is 5.41. The van der Waals surface area contributed by atoms with Crippen molar-refractivity contribution in [2.45, 2.75) is 33.4 Å². The van der Waals surface area contributed by atoms with Crippen molar-refractivity contribution in [3.8, 4) is 11.5 Å². The summed E-state index contributed by atoms with van der Waals surface area (Å²) in [7, 11) is 0. The summed E-state index contributed by atoms with van der Waals surface area (Å²) in [4.78, 5) is 40.5. The van der Waals surface area contributed by atoms with Crippen molar-refractivity contribution in [1.82, 2.24) is 10.2 Å². The monoisotopic (exact) mass is 514 g/mol. The molecule has 1 unspecified atom stereocenters. The summed E-state index contributed by atoms with van der Waals surface area (Å²) in [6.07, 6.45) is 0. The molecule has 1 aliphatic heterocycles. The molecule has 38 heavy (non-hydrogen) atoms. The Bertz CT molecular complexity index is 1340. The van der Waals surface area contributed by atoms with E-state index < -0.39 is 18.0 Å². The second-order valence-corrected chi connectivity index (χ2v) is 8.57. The number of hydrogen-bond acceptors (Lipinski definition) is 6. The molecule has 1 heterocycles. The summed E-state index contributed by atoms with van der Waals surface area (Å²) in [5.41, 5.74) is 2.73. The van der Waals surface area contributed by atoms with Gasteiger partial charge in [0.2, 0.25) is 0 Å².